The molecular weight excluding hydrogens is 372 g/mol. The van der Waals surface area contributed by atoms with Crippen LogP contribution in [0.2, 0.25) is 0 Å². The Balaban J connectivity index is 1.93. The van der Waals surface area contributed by atoms with Gasteiger partial charge in [0.05, 0.1) is 6.26 Å². The first-order valence-electron chi connectivity index (χ1n) is 9.62. The van der Waals surface area contributed by atoms with Gasteiger partial charge in [-0.2, -0.15) is 0 Å². The molecule has 2 heterocycles. The van der Waals surface area contributed by atoms with Crippen LogP contribution in [0.5, 0.6) is 0 Å². The lowest BCUT2D eigenvalue weighted by molar-refractivity contribution is -0.152. The fourth-order valence-corrected chi connectivity index (χ4v) is 3.77. The molecule has 3 atom stereocenters. The monoisotopic (exact) mass is 398 g/mol. The largest absolute Gasteiger partial charge is 0.465 e. The maximum atomic E-state index is 12.2. The van der Waals surface area contributed by atoms with E-state index in [9.17, 15) is 14.7 Å². The van der Waals surface area contributed by atoms with Gasteiger partial charge in [0.1, 0.15) is 17.4 Å². The van der Waals surface area contributed by atoms with Gasteiger partial charge in [-0.1, -0.05) is 24.6 Å². The molecule has 154 valence electrons. The Bertz CT molecular complexity index is 927. The zero-order chi connectivity index (χ0) is 21.3. The van der Waals surface area contributed by atoms with Crippen molar-refractivity contribution in [3.8, 4) is 0 Å². The number of rotatable bonds is 6. The molecule has 3 rings (SSSR count). The van der Waals surface area contributed by atoms with Crippen LogP contribution < -0.4 is 0 Å². The van der Waals surface area contributed by atoms with Gasteiger partial charge in [0.2, 0.25) is 0 Å². The molecule has 0 saturated carbocycles. The maximum absolute atomic E-state index is 12.2. The summed E-state index contributed by atoms with van der Waals surface area (Å²) >= 11 is 0. The highest BCUT2D eigenvalue weighted by Crippen LogP contribution is 2.46. The minimum atomic E-state index is -1.31. The highest BCUT2D eigenvalue weighted by Gasteiger charge is 2.53. The molecule has 0 spiro atoms. The Morgan fingerprint density at radius 2 is 2.07 bits per heavy atom. The van der Waals surface area contributed by atoms with Crippen molar-refractivity contribution in [1.82, 2.24) is 0 Å². The van der Waals surface area contributed by atoms with Crippen molar-refractivity contribution < 1.29 is 29.3 Å². The number of Topliss-reactive ketones (excluding diaryl/α,β-unsaturated/α-hetero) is 1. The Hall–Kier alpha value is -2.70. The second-order valence-electron chi connectivity index (χ2n) is 7.81. The highest BCUT2D eigenvalue weighted by atomic mass is 16.6. The Labute approximate surface area is 170 Å². The normalized spacial score (nSPS) is 27.5. The topological polar surface area (TPSA) is 93.1 Å². The molecule has 1 aliphatic carbocycles. The van der Waals surface area contributed by atoms with E-state index < -0.39 is 17.7 Å². The first kappa shape index (κ1) is 21.0. The number of ether oxygens (including phenoxy) is 2. The third-order valence-electron chi connectivity index (χ3n) is 5.38. The number of aliphatic hydroxyl groups excluding tert-OH is 2. The second kappa shape index (κ2) is 7.97. The molecule has 0 radical (unpaired) electrons. The second-order valence-corrected chi connectivity index (χ2v) is 7.81. The molecular formula is C23H26O6. The van der Waals surface area contributed by atoms with Crippen molar-refractivity contribution in [2.24, 2.45) is 5.92 Å². The summed E-state index contributed by atoms with van der Waals surface area (Å²) in [6.45, 7) is 7.06. The van der Waals surface area contributed by atoms with Crippen molar-refractivity contribution in [2.75, 3.05) is 6.61 Å². The van der Waals surface area contributed by atoms with Crippen LogP contribution in [0.1, 0.15) is 34.1 Å². The lowest BCUT2D eigenvalue weighted by Crippen LogP contribution is -2.45. The van der Waals surface area contributed by atoms with Crippen molar-refractivity contribution in [2.45, 2.75) is 45.8 Å². The van der Waals surface area contributed by atoms with Gasteiger partial charge in [-0.3, -0.25) is 4.79 Å². The summed E-state index contributed by atoms with van der Waals surface area (Å²) in [7, 11) is 0. The van der Waals surface area contributed by atoms with Gasteiger partial charge in [-0.25, -0.2) is 4.79 Å². The minimum Gasteiger partial charge on any atom is -0.465 e. The number of hydrogen-bond acceptors (Lipinski definition) is 6. The molecule has 0 unspecified atom stereocenters. The van der Waals surface area contributed by atoms with Gasteiger partial charge in [-0.15, -0.1) is 0 Å². The number of fused-ring (bicyclic) bond motifs is 2. The van der Waals surface area contributed by atoms with Crippen LogP contribution in [0.3, 0.4) is 0 Å². The van der Waals surface area contributed by atoms with Crippen LogP contribution in [0.25, 0.3) is 0 Å². The predicted octanol–water partition coefficient (Wildman–Crippen LogP) is 2.81. The lowest BCUT2D eigenvalue weighted by atomic mass is 9.76. The van der Waals surface area contributed by atoms with E-state index in [1.54, 1.807) is 19.1 Å². The molecule has 2 N–H and O–H groups in total. The van der Waals surface area contributed by atoms with Crippen LogP contribution in [0.4, 0.5) is 0 Å². The van der Waals surface area contributed by atoms with E-state index in [0.29, 0.717) is 28.9 Å². The van der Waals surface area contributed by atoms with Gasteiger partial charge in [0.25, 0.3) is 0 Å². The number of allylic oxidation sites excluding steroid dienone is 5. The SMILES string of the molecule is CC(=O)C1=C2C=C3C=C(/C=C/C(C)=C/[C@@H](C)CCO)OC=C3[C@@H](O)[C@]2(C)OC1=O. The van der Waals surface area contributed by atoms with Crippen LogP contribution in [-0.4, -0.2) is 40.3 Å². The van der Waals surface area contributed by atoms with Gasteiger partial charge >= 0.3 is 5.97 Å². The number of carbonyl (C=O) groups excluding carboxylic acids is 2. The third-order valence-corrected chi connectivity index (χ3v) is 5.38. The molecule has 0 aromatic heterocycles. The molecule has 0 saturated heterocycles. The van der Waals surface area contributed by atoms with Crippen molar-refractivity contribution in [1.29, 1.82) is 0 Å². The third kappa shape index (κ3) is 3.91. The average Bonchev–Trinajstić information content (AvgIpc) is 2.91. The summed E-state index contributed by atoms with van der Waals surface area (Å²) in [5.74, 6) is -0.274. The number of hydrogen-bond donors (Lipinski definition) is 2. The summed E-state index contributed by atoms with van der Waals surface area (Å²) < 4.78 is 11.0. The van der Waals surface area contributed by atoms with Gasteiger partial charge in [0.15, 0.2) is 11.4 Å². The molecule has 0 aromatic carbocycles. The summed E-state index contributed by atoms with van der Waals surface area (Å²) in [5, 5.41) is 19.8. The summed E-state index contributed by atoms with van der Waals surface area (Å²) in [6.07, 6.45) is 10.3. The lowest BCUT2D eigenvalue weighted by Gasteiger charge is -2.37. The smallest absolute Gasteiger partial charge is 0.343 e. The molecule has 0 amide bonds. The molecule has 29 heavy (non-hydrogen) atoms. The number of ketones is 1. The summed E-state index contributed by atoms with van der Waals surface area (Å²) in [5.41, 5.74) is 1.27. The van der Waals surface area contributed by atoms with Gasteiger partial charge < -0.3 is 19.7 Å². The van der Waals surface area contributed by atoms with Crippen molar-refractivity contribution in [3.63, 3.8) is 0 Å². The fourth-order valence-electron chi connectivity index (χ4n) is 3.77. The first-order valence-corrected chi connectivity index (χ1v) is 9.62. The molecule has 6 heteroatoms. The first-order chi connectivity index (χ1) is 13.7. The van der Waals surface area contributed by atoms with Crippen LogP contribution >= 0.6 is 0 Å². The van der Waals surface area contributed by atoms with E-state index >= 15 is 0 Å². The molecule has 0 bridgehead atoms. The van der Waals surface area contributed by atoms with Crippen LogP contribution in [0, 0.1) is 5.92 Å². The Kier molecular flexibility index (Phi) is 5.78. The molecule has 6 nitrogen and oxygen atoms in total. The molecule has 0 fully saturated rings. The van der Waals surface area contributed by atoms with E-state index in [2.05, 4.69) is 6.08 Å². The maximum Gasteiger partial charge on any atom is 0.343 e. The molecule has 3 aliphatic rings. The van der Waals surface area contributed by atoms with Crippen molar-refractivity contribution >= 4 is 11.8 Å². The Morgan fingerprint density at radius 3 is 2.72 bits per heavy atom. The van der Waals surface area contributed by atoms with Crippen LogP contribution in [-0.2, 0) is 19.1 Å². The van der Waals surface area contributed by atoms with Gasteiger partial charge in [0, 0.05) is 17.8 Å². The number of carbonyl (C=O) groups is 2. The molecule has 0 aromatic rings. The van der Waals surface area contributed by atoms with Crippen molar-refractivity contribution in [3.05, 3.63) is 70.3 Å². The minimum absolute atomic E-state index is 0.0215. The zero-order valence-electron chi connectivity index (χ0n) is 17.1. The average molecular weight is 398 g/mol. The highest BCUT2D eigenvalue weighted by molar-refractivity contribution is 6.19. The summed E-state index contributed by atoms with van der Waals surface area (Å²) in [6, 6.07) is 0. The Morgan fingerprint density at radius 1 is 1.34 bits per heavy atom. The van der Waals surface area contributed by atoms with E-state index in [1.807, 2.05) is 26.0 Å². The number of aliphatic hydroxyl groups is 2. The quantitative estimate of drug-likeness (QED) is 0.406. The van der Waals surface area contributed by atoms with E-state index in [4.69, 9.17) is 14.6 Å². The predicted molar refractivity (Wildman–Crippen MR) is 107 cm³/mol. The van der Waals surface area contributed by atoms with Gasteiger partial charge in [-0.05, 0) is 56.9 Å². The zero-order valence-corrected chi connectivity index (χ0v) is 17.1. The van der Waals surface area contributed by atoms with Crippen LogP contribution in [0.15, 0.2) is 70.3 Å². The fraction of sp³-hybridized carbons (Fsp3) is 0.391. The standard InChI is InChI=1S/C23H26O6/c1-13(9-14(2)7-8-24)5-6-17-10-16-11-19-20(15(3)25)22(27)29-23(19,4)21(26)18(16)12-28-17/h5-6,9-12,14,21,24,26H,7-8H2,1-4H3/b6-5+,13-9+/t14-,21+,23+/m0/s1. The number of esters is 1. The van der Waals surface area contributed by atoms with E-state index in [0.717, 1.165) is 5.57 Å². The van der Waals surface area contributed by atoms with E-state index in [-0.39, 0.29) is 23.9 Å². The van der Waals surface area contributed by atoms with E-state index in [1.165, 1.54) is 13.2 Å². The molecule has 2 aliphatic heterocycles. The summed E-state index contributed by atoms with van der Waals surface area (Å²) in [4.78, 5) is 24.1.